The van der Waals surface area contributed by atoms with Crippen LogP contribution in [0.3, 0.4) is 0 Å². The minimum atomic E-state index is 0.128. The molecule has 2 heterocycles. The Hall–Kier alpha value is -0.980. The maximum Gasteiger partial charge on any atom is 0.223 e. The predicted octanol–water partition coefficient (Wildman–Crippen LogP) is 3.38. The summed E-state index contributed by atoms with van der Waals surface area (Å²) in [6.45, 7) is 2.93. The van der Waals surface area contributed by atoms with E-state index in [-0.39, 0.29) is 11.9 Å². The Morgan fingerprint density at radius 1 is 1.28 bits per heavy atom. The molecule has 140 valence electrons. The van der Waals surface area contributed by atoms with Gasteiger partial charge in [0.25, 0.3) is 0 Å². The molecule has 1 unspecified atom stereocenters. The Bertz CT molecular complexity index is 555. The van der Waals surface area contributed by atoms with E-state index in [9.17, 15) is 4.79 Å². The Morgan fingerprint density at radius 2 is 2.08 bits per heavy atom. The Kier molecular flexibility index (Phi) is 6.84. The number of nitrogens with zero attached hydrogens (tertiary/aromatic N) is 2. The van der Waals surface area contributed by atoms with Crippen molar-refractivity contribution < 1.29 is 13.9 Å². The maximum absolute atomic E-state index is 12.1. The molecule has 1 aliphatic heterocycles. The van der Waals surface area contributed by atoms with E-state index in [1.54, 1.807) is 19.0 Å². The fraction of sp³-hybridized carbons (Fsp3) is 0.737. The lowest BCUT2D eigenvalue weighted by molar-refractivity contribution is -0.132. The highest BCUT2D eigenvalue weighted by atomic mass is 32.2. The Morgan fingerprint density at radius 3 is 2.84 bits per heavy atom. The normalized spacial score (nSPS) is 22.9. The van der Waals surface area contributed by atoms with Gasteiger partial charge in [-0.1, -0.05) is 31.0 Å². The van der Waals surface area contributed by atoms with Gasteiger partial charge in [-0.15, -0.1) is 0 Å². The van der Waals surface area contributed by atoms with Gasteiger partial charge < -0.3 is 14.1 Å². The van der Waals surface area contributed by atoms with Crippen LogP contribution in [0.4, 0.5) is 0 Å². The lowest BCUT2D eigenvalue weighted by atomic mass is 10.0. The van der Waals surface area contributed by atoms with E-state index < -0.39 is 0 Å². The number of hydrogen-bond acceptors (Lipinski definition) is 5. The first-order chi connectivity index (χ1) is 12.1. The molecule has 1 aliphatic carbocycles. The van der Waals surface area contributed by atoms with Gasteiger partial charge in [0.15, 0.2) is 5.09 Å². The molecule has 1 aromatic rings. The third kappa shape index (κ3) is 5.50. The predicted molar refractivity (Wildman–Crippen MR) is 99.8 cm³/mol. The zero-order valence-electron chi connectivity index (χ0n) is 15.4. The number of amides is 1. The Labute approximate surface area is 155 Å². The van der Waals surface area contributed by atoms with Crippen molar-refractivity contribution in [2.24, 2.45) is 0 Å². The molecule has 2 fully saturated rings. The largest absolute Gasteiger partial charge is 0.454 e. The molecular formula is C19H30N2O3S. The lowest BCUT2D eigenvalue weighted by Gasteiger charge is -2.35. The molecule has 2 aliphatic rings. The van der Waals surface area contributed by atoms with Crippen LogP contribution in [0.15, 0.2) is 21.6 Å². The SMILES string of the molecule is CN(C)C(=O)CC1COCCN1Cc1ccc(SC2CCCCC2)o1. The van der Waals surface area contributed by atoms with Gasteiger partial charge in [0.2, 0.25) is 5.91 Å². The summed E-state index contributed by atoms with van der Waals surface area (Å²) in [5.41, 5.74) is 0. The van der Waals surface area contributed by atoms with Crippen molar-refractivity contribution in [3.8, 4) is 0 Å². The van der Waals surface area contributed by atoms with E-state index in [2.05, 4.69) is 17.0 Å². The molecule has 25 heavy (non-hydrogen) atoms. The summed E-state index contributed by atoms with van der Waals surface area (Å²) in [6, 6.07) is 4.32. The van der Waals surface area contributed by atoms with Crippen LogP contribution in [0, 0.1) is 0 Å². The van der Waals surface area contributed by atoms with E-state index in [1.165, 1.54) is 32.1 Å². The average Bonchev–Trinajstić information content (AvgIpc) is 3.04. The first-order valence-corrected chi connectivity index (χ1v) is 10.3. The molecule has 0 spiro atoms. The quantitative estimate of drug-likeness (QED) is 0.772. The van der Waals surface area contributed by atoms with E-state index >= 15 is 0 Å². The topological polar surface area (TPSA) is 45.9 Å². The summed E-state index contributed by atoms with van der Waals surface area (Å²) in [5.74, 6) is 1.14. The summed E-state index contributed by atoms with van der Waals surface area (Å²) in [6.07, 6.45) is 7.18. The maximum atomic E-state index is 12.1. The van der Waals surface area contributed by atoms with Gasteiger partial charge in [0, 0.05) is 38.4 Å². The lowest BCUT2D eigenvalue weighted by Crippen LogP contribution is -2.47. The van der Waals surface area contributed by atoms with Crippen molar-refractivity contribution in [3.05, 3.63) is 17.9 Å². The highest BCUT2D eigenvalue weighted by molar-refractivity contribution is 7.99. The van der Waals surface area contributed by atoms with Gasteiger partial charge in [0.05, 0.1) is 19.8 Å². The molecule has 1 atom stereocenters. The van der Waals surface area contributed by atoms with Crippen LogP contribution < -0.4 is 0 Å². The number of ether oxygens (including phenoxy) is 1. The third-order valence-electron chi connectivity index (χ3n) is 5.09. The van der Waals surface area contributed by atoms with Crippen LogP contribution in [0.2, 0.25) is 0 Å². The van der Waals surface area contributed by atoms with E-state index in [0.29, 0.717) is 18.3 Å². The molecule has 3 rings (SSSR count). The van der Waals surface area contributed by atoms with Crippen molar-refractivity contribution in [2.45, 2.75) is 61.5 Å². The number of carbonyl (C=O) groups excluding carboxylic acids is 1. The second kappa shape index (κ2) is 9.10. The molecule has 1 saturated heterocycles. The van der Waals surface area contributed by atoms with Crippen molar-refractivity contribution in [2.75, 3.05) is 33.9 Å². The number of morpholine rings is 1. The molecule has 6 heteroatoms. The van der Waals surface area contributed by atoms with Gasteiger partial charge in [-0.3, -0.25) is 9.69 Å². The zero-order chi connectivity index (χ0) is 17.6. The zero-order valence-corrected chi connectivity index (χ0v) is 16.2. The summed E-state index contributed by atoms with van der Waals surface area (Å²) in [5, 5.41) is 1.75. The van der Waals surface area contributed by atoms with Crippen molar-refractivity contribution >= 4 is 17.7 Å². The van der Waals surface area contributed by atoms with Crippen LogP contribution in [0.5, 0.6) is 0 Å². The molecule has 0 bridgehead atoms. The van der Waals surface area contributed by atoms with Crippen LogP contribution in [0.1, 0.15) is 44.3 Å². The second-order valence-corrected chi connectivity index (χ2v) is 8.59. The first-order valence-electron chi connectivity index (χ1n) is 9.39. The number of furan rings is 1. The van der Waals surface area contributed by atoms with Crippen LogP contribution in [-0.2, 0) is 16.1 Å². The highest BCUT2D eigenvalue weighted by Crippen LogP contribution is 2.34. The number of carbonyl (C=O) groups is 1. The second-order valence-electron chi connectivity index (χ2n) is 7.29. The van der Waals surface area contributed by atoms with Gasteiger partial charge in [-0.25, -0.2) is 0 Å². The molecule has 0 N–H and O–H groups in total. The van der Waals surface area contributed by atoms with Crippen molar-refractivity contribution in [1.82, 2.24) is 9.80 Å². The number of hydrogen-bond donors (Lipinski definition) is 0. The van der Waals surface area contributed by atoms with Gasteiger partial charge in [-0.2, -0.15) is 0 Å². The molecule has 1 amide bonds. The van der Waals surface area contributed by atoms with Gasteiger partial charge in [0.1, 0.15) is 5.76 Å². The standard InChI is InChI=1S/C19H30N2O3S/c1-20(2)18(22)12-15-14-23-11-10-21(15)13-16-8-9-19(24-16)25-17-6-4-3-5-7-17/h8-9,15,17H,3-7,10-14H2,1-2H3. The first kappa shape index (κ1) is 18.8. The molecule has 1 saturated carbocycles. The van der Waals surface area contributed by atoms with E-state index in [1.807, 2.05) is 11.8 Å². The van der Waals surface area contributed by atoms with Crippen LogP contribution in [0.25, 0.3) is 0 Å². The summed E-state index contributed by atoms with van der Waals surface area (Å²) in [7, 11) is 3.61. The van der Waals surface area contributed by atoms with E-state index in [4.69, 9.17) is 9.15 Å². The van der Waals surface area contributed by atoms with Gasteiger partial charge in [-0.05, 0) is 25.0 Å². The minimum absolute atomic E-state index is 0.128. The fourth-order valence-electron chi connectivity index (χ4n) is 3.52. The smallest absolute Gasteiger partial charge is 0.223 e. The van der Waals surface area contributed by atoms with Crippen LogP contribution in [-0.4, -0.2) is 60.9 Å². The minimum Gasteiger partial charge on any atom is -0.454 e. The van der Waals surface area contributed by atoms with Gasteiger partial charge >= 0.3 is 0 Å². The monoisotopic (exact) mass is 366 g/mol. The Balaban J connectivity index is 1.55. The summed E-state index contributed by atoms with van der Waals surface area (Å²) >= 11 is 1.89. The fourth-order valence-corrected chi connectivity index (χ4v) is 4.72. The number of rotatable bonds is 6. The summed E-state index contributed by atoms with van der Waals surface area (Å²) in [4.78, 5) is 16.0. The van der Waals surface area contributed by atoms with Crippen molar-refractivity contribution in [1.29, 1.82) is 0 Å². The molecule has 0 radical (unpaired) electrons. The summed E-state index contributed by atoms with van der Waals surface area (Å²) < 4.78 is 11.7. The third-order valence-corrected chi connectivity index (χ3v) is 6.35. The molecule has 5 nitrogen and oxygen atoms in total. The highest BCUT2D eigenvalue weighted by Gasteiger charge is 2.27. The average molecular weight is 367 g/mol. The van der Waals surface area contributed by atoms with Crippen molar-refractivity contribution in [3.63, 3.8) is 0 Å². The van der Waals surface area contributed by atoms with E-state index in [0.717, 1.165) is 30.5 Å². The van der Waals surface area contributed by atoms with Crippen LogP contribution >= 0.6 is 11.8 Å². The molecule has 1 aromatic heterocycles. The molecule has 0 aromatic carbocycles. The molecular weight excluding hydrogens is 336 g/mol. The number of thioether (sulfide) groups is 1.